The first kappa shape index (κ1) is 10.4. The normalized spacial score (nSPS) is 17.5. The molecule has 1 saturated heterocycles. The molecular formula is C8H18N4O. The highest BCUT2D eigenvalue weighted by molar-refractivity contribution is 5.78. The molecule has 1 fully saturated rings. The molecule has 1 heterocycles. The predicted octanol–water partition coefficient (Wildman–Crippen LogP) is -2.03. The van der Waals surface area contributed by atoms with Crippen LogP contribution in [0.25, 0.3) is 0 Å². The standard InChI is InChI=1S/C8H18N4O/c9-1-2-11-7-8(13)12-5-3-10-4-6-12/h10-11H,1-7,9H2. The van der Waals surface area contributed by atoms with Gasteiger partial charge in [-0.25, -0.2) is 0 Å². The molecule has 13 heavy (non-hydrogen) atoms. The third-order valence-electron chi connectivity index (χ3n) is 2.07. The lowest BCUT2D eigenvalue weighted by Crippen LogP contribution is -2.49. The Balaban J connectivity index is 2.13. The average Bonchev–Trinajstić information content (AvgIpc) is 2.19. The van der Waals surface area contributed by atoms with E-state index in [1.54, 1.807) is 0 Å². The van der Waals surface area contributed by atoms with Gasteiger partial charge >= 0.3 is 0 Å². The largest absolute Gasteiger partial charge is 0.339 e. The van der Waals surface area contributed by atoms with E-state index in [9.17, 15) is 4.79 Å². The molecule has 5 heteroatoms. The van der Waals surface area contributed by atoms with E-state index in [2.05, 4.69) is 10.6 Å². The van der Waals surface area contributed by atoms with E-state index in [0.29, 0.717) is 19.6 Å². The van der Waals surface area contributed by atoms with Gasteiger partial charge in [-0.2, -0.15) is 0 Å². The van der Waals surface area contributed by atoms with Crippen LogP contribution in [0.3, 0.4) is 0 Å². The van der Waals surface area contributed by atoms with Crippen LogP contribution < -0.4 is 16.4 Å². The van der Waals surface area contributed by atoms with Gasteiger partial charge in [0.15, 0.2) is 0 Å². The van der Waals surface area contributed by atoms with Crippen LogP contribution in [0.1, 0.15) is 0 Å². The zero-order valence-electron chi connectivity index (χ0n) is 7.88. The lowest BCUT2D eigenvalue weighted by Gasteiger charge is -2.27. The summed E-state index contributed by atoms with van der Waals surface area (Å²) in [7, 11) is 0. The maximum atomic E-state index is 11.5. The van der Waals surface area contributed by atoms with Crippen LogP contribution in [0.4, 0.5) is 0 Å². The summed E-state index contributed by atoms with van der Waals surface area (Å²) < 4.78 is 0. The van der Waals surface area contributed by atoms with Gasteiger partial charge in [0, 0.05) is 39.3 Å². The maximum Gasteiger partial charge on any atom is 0.236 e. The Morgan fingerprint density at radius 2 is 2.15 bits per heavy atom. The number of rotatable bonds is 4. The number of nitrogens with one attached hydrogen (secondary N) is 2. The number of nitrogens with two attached hydrogens (primary N) is 1. The van der Waals surface area contributed by atoms with Crippen LogP contribution >= 0.6 is 0 Å². The molecule has 0 radical (unpaired) electrons. The maximum absolute atomic E-state index is 11.5. The van der Waals surface area contributed by atoms with Crippen LogP contribution in [0.5, 0.6) is 0 Å². The SMILES string of the molecule is NCCNCC(=O)N1CCNCC1. The summed E-state index contributed by atoms with van der Waals surface area (Å²) >= 11 is 0. The first-order chi connectivity index (χ1) is 6.34. The predicted molar refractivity (Wildman–Crippen MR) is 51.4 cm³/mol. The Hall–Kier alpha value is -0.650. The first-order valence-corrected chi connectivity index (χ1v) is 4.74. The second kappa shape index (κ2) is 5.90. The minimum atomic E-state index is 0.176. The van der Waals surface area contributed by atoms with E-state index >= 15 is 0 Å². The van der Waals surface area contributed by atoms with Crippen molar-refractivity contribution in [2.75, 3.05) is 45.8 Å². The fourth-order valence-corrected chi connectivity index (χ4v) is 1.32. The van der Waals surface area contributed by atoms with Crippen LogP contribution in [0.2, 0.25) is 0 Å². The van der Waals surface area contributed by atoms with E-state index < -0.39 is 0 Å². The molecule has 1 aliphatic heterocycles. The number of carbonyl (C=O) groups excluding carboxylic acids is 1. The van der Waals surface area contributed by atoms with Crippen molar-refractivity contribution < 1.29 is 4.79 Å². The van der Waals surface area contributed by atoms with E-state index in [0.717, 1.165) is 26.2 Å². The van der Waals surface area contributed by atoms with Gasteiger partial charge in [0.2, 0.25) is 5.91 Å². The summed E-state index contributed by atoms with van der Waals surface area (Å²) in [4.78, 5) is 13.3. The molecule has 5 nitrogen and oxygen atoms in total. The zero-order valence-corrected chi connectivity index (χ0v) is 7.88. The third kappa shape index (κ3) is 3.71. The van der Waals surface area contributed by atoms with Crippen molar-refractivity contribution in [2.24, 2.45) is 5.73 Å². The molecule has 76 valence electrons. The van der Waals surface area contributed by atoms with Gasteiger partial charge in [0.1, 0.15) is 0 Å². The number of nitrogens with zero attached hydrogens (tertiary/aromatic N) is 1. The number of hydrogen-bond donors (Lipinski definition) is 3. The van der Waals surface area contributed by atoms with Crippen molar-refractivity contribution in [3.05, 3.63) is 0 Å². The van der Waals surface area contributed by atoms with E-state index in [1.807, 2.05) is 4.90 Å². The smallest absolute Gasteiger partial charge is 0.236 e. The zero-order chi connectivity index (χ0) is 9.52. The van der Waals surface area contributed by atoms with E-state index in [-0.39, 0.29) is 5.91 Å². The Bertz CT molecular complexity index is 156. The van der Waals surface area contributed by atoms with E-state index in [4.69, 9.17) is 5.73 Å². The molecule has 0 aromatic rings. The van der Waals surface area contributed by atoms with Crippen molar-refractivity contribution in [3.63, 3.8) is 0 Å². The lowest BCUT2D eigenvalue weighted by atomic mass is 10.3. The Morgan fingerprint density at radius 1 is 1.46 bits per heavy atom. The second-order valence-electron chi connectivity index (χ2n) is 3.10. The number of piperazine rings is 1. The molecule has 0 aliphatic carbocycles. The van der Waals surface area contributed by atoms with Crippen LogP contribution in [0, 0.1) is 0 Å². The van der Waals surface area contributed by atoms with Gasteiger partial charge in [0.25, 0.3) is 0 Å². The minimum absolute atomic E-state index is 0.176. The van der Waals surface area contributed by atoms with Gasteiger partial charge < -0.3 is 21.3 Å². The first-order valence-electron chi connectivity index (χ1n) is 4.74. The van der Waals surface area contributed by atoms with Gasteiger partial charge in [0.05, 0.1) is 6.54 Å². The molecule has 0 aromatic heterocycles. The molecule has 0 atom stereocenters. The number of hydrogen-bond acceptors (Lipinski definition) is 4. The molecule has 0 spiro atoms. The summed E-state index contributed by atoms with van der Waals surface area (Å²) in [5, 5.41) is 6.20. The summed E-state index contributed by atoms with van der Waals surface area (Å²) in [6, 6.07) is 0. The monoisotopic (exact) mass is 186 g/mol. The third-order valence-corrected chi connectivity index (χ3v) is 2.07. The average molecular weight is 186 g/mol. The van der Waals surface area contributed by atoms with Gasteiger partial charge in [-0.1, -0.05) is 0 Å². The van der Waals surface area contributed by atoms with Crippen molar-refractivity contribution in [1.29, 1.82) is 0 Å². The topological polar surface area (TPSA) is 70.4 Å². The quantitative estimate of drug-likeness (QED) is 0.443. The van der Waals surface area contributed by atoms with Gasteiger partial charge in [-0.3, -0.25) is 4.79 Å². The van der Waals surface area contributed by atoms with Crippen molar-refractivity contribution in [1.82, 2.24) is 15.5 Å². The summed E-state index contributed by atoms with van der Waals surface area (Å²) in [6.45, 7) is 5.15. The molecule has 0 unspecified atom stereocenters. The summed E-state index contributed by atoms with van der Waals surface area (Å²) in [6.07, 6.45) is 0. The van der Waals surface area contributed by atoms with Crippen molar-refractivity contribution in [2.45, 2.75) is 0 Å². The molecule has 1 aliphatic rings. The molecule has 0 bridgehead atoms. The Kier molecular flexibility index (Phi) is 4.74. The van der Waals surface area contributed by atoms with Crippen molar-refractivity contribution in [3.8, 4) is 0 Å². The lowest BCUT2D eigenvalue weighted by molar-refractivity contribution is -0.130. The Labute approximate surface area is 78.6 Å². The Morgan fingerprint density at radius 3 is 2.77 bits per heavy atom. The number of carbonyl (C=O) groups is 1. The fourth-order valence-electron chi connectivity index (χ4n) is 1.32. The minimum Gasteiger partial charge on any atom is -0.339 e. The highest BCUT2D eigenvalue weighted by Crippen LogP contribution is 1.91. The molecule has 1 amide bonds. The molecule has 0 saturated carbocycles. The van der Waals surface area contributed by atoms with Gasteiger partial charge in [-0.05, 0) is 0 Å². The second-order valence-corrected chi connectivity index (χ2v) is 3.10. The molecule has 1 rings (SSSR count). The highest BCUT2D eigenvalue weighted by Gasteiger charge is 2.14. The molecular weight excluding hydrogens is 168 g/mol. The van der Waals surface area contributed by atoms with Crippen LogP contribution in [0.15, 0.2) is 0 Å². The van der Waals surface area contributed by atoms with E-state index in [1.165, 1.54) is 0 Å². The summed E-state index contributed by atoms with van der Waals surface area (Å²) in [5.41, 5.74) is 5.30. The number of amides is 1. The summed E-state index contributed by atoms with van der Waals surface area (Å²) in [5.74, 6) is 0.176. The van der Waals surface area contributed by atoms with Crippen molar-refractivity contribution >= 4 is 5.91 Å². The highest BCUT2D eigenvalue weighted by atomic mass is 16.2. The fraction of sp³-hybridized carbons (Fsp3) is 0.875. The molecule has 4 N–H and O–H groups in total. The molecule has 0 aromatic carbocycles. The van der Waals surface area contributed by atoms with Gasteiger partial charge in [-0.15, -0.1) is 0 Å². The van der Waals surface area contributed by atoms with Crippen LogP contribution in [-0.4, -0.2) is 56.6 Å². The van der Waals surface area contributed by atoms with Crippen LogP contribution in [-0.2, 0) is 4.79 Å².